The minimum Gasteiger partial charge on any atom is -0.330 e. The van der Waals surface area contributed by atoms with E-state index in [1.807, 2.05) is 18.3 Å². The molecule has 1 atom stereocenters. The van der Waals surface area contributed by atoms with Gasteiger partial charge in [-0.3, -0.25) is 4.98 Å². The summed E-state index contributed by atoms with van der Waals surface area (Å²) in [5, 5.41) is 0. The fourth-order valence-electron chi connectivity index (χ4n) is 2.03. The van der Waals surface area contributed by atoms with Crippen molar-refractivity contribution < 1.29 is 0 Å². The Labute approximate surface area is 103 Å². The Morgan fingerprint density at radius 1 is 1.18 bits per heavy atom. The molecule has 88 valence electrons. The van der Waals surface area contributed by atoms with Gasteiger partial charge in [0.1, 0.15) is 0 Å². The van der Waals surface area contributed by atoms with E-state index in [9.17, 15) is 0 Å². The third kappa shape index (κ3) is 3.14. The highest BCUT2D eigenvalue weighted by atomic mass is 14.7. The molecule has 2 aromatic rings. The zero-order chi connectivity index (χ0) is 12.1. The number of aromatic nitrogens is 1. The van der Waals surface area contributed by atoms with Crippen molar-refractivity contribution in [2.24, 2.45) is 5.73 Å². The fourth-order valence-corrected chi connectivity index (χ4v) is 2.03. The molecule has 2 N–H and O–H groups in total. The Morgan fingerprint density at radius 3 is 2.71 bits per heavy atom. The van der Waals surface area contributed by atoms with E-state index in [4.69, 9.17) is 5.73 Å². The summed E-state index contributed by atoms with van der Waals surface area (Å²) in [6.07, 6.45) is 2.74. The van der Waals surface area contributed by atoms with Crippen molar-refractivity contribution in [2.75, 3.05) is 6.54 Å². The number of nitrogens with two attached hydrogens (primary N) is 1. The molecule has 1 aromatic heterocycles. The van der Waals surface area contributed by atoms with E-state index in [0.29, 0.717) is 12.5 Å². The van der Waals surface area contributed by atoms with E-state index in [1.165, 1.54) is 11.1 Å². The highest BCUT2D eigenvalue weighted by molar-refractivity contribution is 5.27. The molecule has 0 aliphatic carbocycles. The van der Waals surface area contributed by atoms with Crippen molar-refractivity contribution in [1.29, 1.82) is 0 Å². The number of benzene rings is 1. The van der Waals surface area contributed by atoms with Crippen LogP contribution in [0.3, 0.4) is 0 Å². The molecule has 2 nitrogen and oxygen atoms in total. The highest BCUT2D eigenvalue weighted by Gasteiger charge is 2.11. The molecule has 1 heterocycles. The van der Waals surface area contributed by atoms with Gasteiger partial charge < -0.3 is 5.73 Å². The first-order valence-electron chi connectivity index (χ1n) is 5.96. The lowest BCUT2D eigenvalue weighted by atomic mass is 9.93. The Hall–Kier alpha value is -1.67. The maximum absolute atomic E-state index is 5.87. The molecule has 0 amide bonds. The molecule has 0 saturated carbocycles. The molecule has 0 fully saturated rings. The molecule has 17 heavy (non-hydrogen) atoms. The average molecular weight is 226 g/mol. The van der Waals surface area contributed by atoms with E-state index in [-0.39, 0.29) is 0 Å². The molecular formula is C15H18N2. The van der Waals surface area contributed by atoms with Crippen molar-refractivity contribution in [2.45, 2.75) is 19.3 Å². The second kappa shape index (κ2) is 5.60. The minimum atomic E-state index is 0.352. The highest BCUT2D eigenvalue weighted by Crippen LogP contribution is 2.19. The zero-order valence-corrected chi connectivity index (χ0v) is 10.1. The third-order valence-corrected chi connectivity index (χ3v) is 2.98. The van der Waals surface area contributed by atoms with Gasteiger partial charge in [-0.1, -0.05) is 35.9 Å². The van der Waals surface area contributed by atoms with Crippen LogP contribution in [0.1, 0.15) is 22.7 Å². The van der Waals surface area contributed by atoms with Crippen molar-refractivity contribution in [3.63, 3.8) is 0 Å². The summed E-state index contributed by atoms with van der Waals surface area (Å²) in [6, 6.07) is 14.6. The minimum absolute atomic E-state index is 0.352. The Morgan fingerprint density at radius 2 is 2.06 bits per heavy atom. The molecule has 0 aliphatic rings. The molecule has 0 radical (unpaired) electrons. The predicted octanol–water partition coefficient (Wildman–Crippen LogP) is 2.68. The molecule has 0 spiro atoms. The van der Waals surface area contributed by atoms with Gasteiger partial charge in [-0.2, -0.15) is 0 Å². The topological polar surface area (TPSA) is 38.9 Å². The molecule has 0 saturated heterocycles. The predicted molar refractivity (Wildman–Crippen MR) is 70.9 cm³/mol. The number of rotatable bonds is 4. The lowest BCUT2D eigenvalue weighted by Crippen LogP contribution is -2.15. The third-order valence-electron chi connectivity index (χ3n) is 2.98. The summed E-state index contributed by atoms with van der Waals surface area (Å²) in [7, 11) is 0. The Balaban J connectivity index is 2.17. The van der Waals surface area contributed by atoms with Gasteiger partial charge in [0.05, 0.1) is 0 Å². The summed E-state index contributed by atoms with van der Waals surface area (Å²) >= 11 is 0. The zero-order valence-electron chi connectivity index (χ0n) is 10.1. The maximum atomic E-state index is 5.87. The average Bonchev–Trinajstić information content (AvgIpc) is 2.37. The number of nitrogens with zero attached hydrogens (tertiary/aromatic N) is 1. The lowest BCUT2D eigenvalue weighted by Gasteiger charge is -2.15. The SMILES string of the molecule is Cc1cccc(C(CN)Cc2ccccn2)c1. The maximum Gasteiger partial charge on any atom is 0.0410 e. The van der Waals surface area contributed by atoms with Gasteiger partial charge >= 0.3 is 0 Å². The van der Waals surface area contributed by atoms with Gasteiger partial charge in [0, 0.05) is 17.8 Å². The van der Waals surface area contributed by atoms with Gasteiger partial charge in [0.2, 0.25) is 0 Å². The van der Waals surface area contributed by atoms with E-state index >= 15 is 0 Å². The van der Waals surface area contributed by atoms with Crippen LogP contribution in [-0.2, 0) is 6.42 Å². The summed E-state index contributed by atoms with van der Waals surface area (Å²) in [5.41, 5.74) is 9.56. The van der Waals surface area contributed by atoms with E-state index in [1.54, 1.807) is 0 Å². The van der Waals surface area contributed by atoms with E-state index < -0.39 is 0 Å². The quantitative estimate of drug-likeness (QED) is 0.870. The molecule has 1 unspecified atom stereocenters. The first-order chi connectivity index (χ1) is 8.29. The van der Waals surface area contributed by atoms with Gasteiger partial charge in [-0.05, 0) is 37.6 Å². The molecule has 0 aliphatic heterocycles. The standard InChI is InChI=1S/C15H18N2/c1-12-5-4-6-13(9-12)14(11-16)10-15-7-2-3-8-17-15/h2-9,14H,10-11,16H2,1H3. The largest absolute Gasteiger partial charge is 0.330 e. The van der Waals surface area contributed by atoms with E-state index in [0.717, 1.165) is 12.1 Å². The van der Waals surface area contributed by atoms with Crippen LogP contribution in [-0.4, -0.2) is 11.5 Å². The van der Waals surface area contributed by atoms with Crippen LogP contribution in [0.25, 0.3) is 0 Å². The van der Waals surface area contributed by atoms with Crippen molar-refractivity contribution in [3.8, 4) is 0 Å². The molecular weight excluding hydrogens is 208 g/mol. The van der Waals surface area contributed by atoms with Gasteiger partial charge in [0.25, 0.3) is 0 Å². The van der Waals surface area contributed by atoms with Gasteiger partial charge in [0.15, 0.2) is 0 Å². The fraction of sp³-hybridized carbons (Fsp3) is 0.267. The number of pyridine rings is 1. The van der Waals surface area contributed by atoms with Gasteiger partial charge in [-0.15, -0.1) is 0 Å². The summed E-state index contributed by atoms with van der Waals surface area (Å²) < 4.78 is 0. The van der Waals surface area contributed by atoms with E-state index in [2.05, 4.69) is 42.2 Å². The molecule has 2 heteroatoms. The van der Waals surface area contributed by atoms with Crippen molar-refractivity contribution in [3.05, 3.63) is 65.5 Å². The van der Waals surface area contributed by atoms with Gasteiger partial charge in [-0.25, -0.2) is 0 Å². The second-order valence-corrected chi connectivity index (χ2v) is 4.37. The number of hydrogen-bond donors (Lipinski definition) is 1. The summed E-state index contributed by atoms with van der Waals surface area (Å²) in [5.74, 6) is 0.352. The van der Waals surface area contributed by atoms with Crippen LogP contribution < -0.4 is 5.73 Å². The van der Waals surface area contributed by atoms with Crippen LogP contribution >= 0.6 is 0 Å². The van der Waals surface area contributed by atoms with Crippen LogP contribution in [0, 0.1) is 6.92 Å². The monoisotopic (exact) mass is 226 g/mol. The number of aryl methyl sites for hydroxylation is 1. The first kappa shape index (κ1) is 11.8. The number of hydrogen-bond acceptors (Lipinski definition) is 2. The first-order valence-corrected chi connectivity index (χ1v) is 5.96. The van der Waals surface area contributed by atoms with Crippen molar-refractivity contribution >= 4 is 0 Å². The van der Waals surface area contributed by atoms with Crippen molar-refractivity contribution in [1.82, 2.24) is 4.98 Å². The molecule has 1 aromatic carbocycles. The molecule has 2 rings (SSSR count). The van der Waals surface area contributed by atoms with Crippen LogP contribution in [0.5, 0.6) is 0 Å². The second-order valence-electron chi connectivity index (χ2n) is 4.37. The Bertz CT molecular complexity index is 465. The van der Waals surface area contributed by atoms with Crippen LogP contribution in [0.4, 0.5) is 0 Å². The van der Waals surface area contributed by atoms with Crippen LogP contribution in [0.2, 0.25) is 0 Å². The summed E-state index contributed by atoms with van der Waals surface area (Å²) in [4.78, 5) is 4.36. The lowest BCUT2D eigenvalue weighted by molar-refractivity contribution is 0.681. The van der Waals surface area contributed by atoms with Crippen LogP contribution in [0.15, 0.2) is 48.7 Å². The smallest absolute Gasteiger partial charge is 0.0410 e. The Kier molecular flexibility index (Phi) is 3.89. The normalized spacial score (nSPS) is 12.4. The molecule has 0 bridgehead atoms. The summed E-state index contributed by atoms with van der Waals surface area (Å²) in [6.45, 7) is 2.76.